The molecule has 1 aromatic carbocycles. The fourth-order valence-corrected chi connectivity index (χ4v) is 4.70. The Morgan fingerprint density at radius 2 is 1.61 bits per heavy atom. The summed E-state index contributed by atoms with van der Waals surface area (Å²) in [4.78, 5) is 26.7. The number of sulfonamides is 1. The highest BCUT2D eigenvalue weighted by Gasteiger charge is 2.33. The molecule has 11 heteroatoms. The smallest absolute Gasteiger partial charge is 0.339 e. The summed E-state index contributed by atoms with van der Waals surface area (Å²) in [6, 6.07) is 3.35. The van der Waals surface area contributed by atoms with Crippen LogP contribution >= 0.6 is 0 Å². The van der Waals surface area contributed by atoms with Crippen LogP contribution in [0, 0.1) is 0 Å². The normalized spacial score (nSPS) is 19.3. The number of hydrogen-bond acceptors (Lipinski definition) is 4. The van der Waals surface area contributed by atoms with Crippen LogP contribution in [0.1, 0.15) is 18.4 Å². The third-order valence-corrected chi connectivity index (χ3v) is 6.82. The molecule has 0 bridgehead atoms. The summed E-state index contributed by atoms with van der Waals surface area (Å²) in [5.74, 6) is -0.293. The second-order valence-corrected chi connectivity index (χ2v) is 8.66. The van der Waals surface area contributed by atoms with Gasteiger partial charge in [0.25, 0.3) is 0 Å². The van der Waals surface area contributed by atoms with Gasteiger partial charge in [0.2, 0.25) is 21.8 Å². The molecule has 7 nitrogen and oxygen atoms in total. The lowest BCUT2D eigenvalue weighted by Gasteiger charge is -2.34. The standard InChI is InChI=1S/C17H20F3N3O4S/c18-17(19,20)13-3-5-14(6-4-13)28(26,27)23-10-8-21(9-11-23)16(25)12-22-7-1-2-15(22)24/h3-6H,1-2,7-12H2. The molecule has 3 rings (SSSR count). The molecule has 28 heavy (non-hydrogen) atoms. The first-order valence-corrected chi connectivity index (χ1v) is 10.3. The van der Waals surface area contributed by atoms with Crippen LogP contribution in [-0.4, -0.2) is 73.6 Å². The molecule has 2 aliphatic rings. The largest absolute Gasteiger partial charge is 0.416 e. The second kappa shape index (κ2) is 7.70. The van der Waals surface area contributed by atoms with Gasteiger partial charge in [0.05, 0.1) is 17.0 Å². The Morgan fingerprint density at radius 3 is 2.11 bits per heavy atom. The Labute approximate surface area is 160 Å². The van der Waals surface area contributed by atoms with Crippen molar-refractivity contribution in [2.75, 3.05) is 39.3 Å². The molecule has 0 saturated carbocycles. The van der Waals surface area contributed by atoms with Gasteiger partial charge < -0.3 is 9.80 Å². The van der Waals surface area contributed by atoms with Crippen LogP contribution < -0.4 is 0 Å². The average molecular weight is 419 g/mol. The molecule has 2 amide bonds. The molecule has 2 saturated heterocycles. The van der Waals surface area contributed by atoms with E-state index in [9.17, 15) is 31.2 Å². The van der Waals surface area contributed by atoms with E-state index in [2.05, 4.69) is 0 Å². The Kier molecular flexibility index (Phi) is 5.67. The molecule has 0 aliphatic carbocycles. The quantitative estimate of drug-likeness (QED) is 0.734. The number of benzene rings is 1. The van der Waals surface area contributed by atoms with E-state index in [4.69, 9.17) is 0 Å². The molecule has 0 radical (unpaired) electrons. The van der Waals surface area contributed by atoms with E-state index in [0.717, 1.165) is 35.0 Å². The highest BCUT2D eigenvalue weighted by molar-refractivity contribution is 7.89. The van der Waals surface area contributed by atoms with Crippen molar-refractivity contribution in [2.24, 2.45) is 0 Å². The minimum Gasteiger partial charge on any atom is -0.339 e. The van der Waals surface area contributed by atoms with Crippen LogP contribution in [0.15, 0.2) is 29.2 Å². The summed E-state index contributed by atoms with van der Waals surface area (Å²) in [6.07, 6.45) is -3.37. The van der Waals surface area contributed by atoms with Crippen LogP contribution in [0.2, 0.25) is 0 Å². The monoisotopic (exact) mass is 419 g/mol. The van der Waals surface area contributed by atoms with Gasteiger partial charge in [-0.05, 0) is 30.7 Å². The maximum absolute atomic E-state index is 12.6. The number of rotatable bonds is 4. The van der Waals surface area contributed by atoms with E-state index in [1.807, 2.05) is 0 Å². The van der Waals surface area contributed by atoms with Crippen LogP contribution in [0.5, 0.6) is 0 Å². The molecular weight excluding hydrogens is 399 g/mol. The van der Waals surface area contributed by atoms with Gasteiger partial charge in [-0.1, -0.05) is 0 Å². The zero-order valence-electron chi connectivity index (χ0n) is 15.0. The summed E-state index contributed by atoms with van der Waals surface area (Å²) >= 11 is 0. The fourth-order valence-electron chi connectivity index (χ4n) is 3.28. The molecule has 154 valence electrons. The number of halogens is 3. The number of likely N-dealkylation sites (tertiary alicyclic amines) is 1. The Bertz CT molecular complexity index is 847. The predicted molar refractivity (Wildman–Crippen MR) is 92.6 cm³/mol. The highest BCUT2D eigenvalue weighted by atomic mass is 32.2. The molecular formula is C17H20F3N3O4S. The van der Waals surface area contributed by atoms with Gasteiger partial charge in [0.1, 0.15) is 0 Å². The molecule has 1 aromatic rings. The summed E-state index contributed by atoms with van der Waals surface area (Å²) in [6.45, 7) is 0.963. The van der Waals surface area contributed by atoms with Crippen molar-refractivity contribution in [2.45, 2.75) is 23.9 Å². The summed E-state index contributed by atoms with van der Waals surface area (Å²) in [5, 5.41) is 0. The maximum Gasteiger partial charge on any atom is 0.416 e. The average Bonchev–Trinajstić information content (AvgIpc) is 3.06. The van der Waals surface area contributed by atoms with Crippen LogP contribution in [0.4, 0.5) is 13.2 Å². The van der Waals surface area contributed by atoms with Crippen LogP contribution in [0.25, 0.3) is 0 Å². The molecule has 0 aromatic heterocycles. The number of nitrogens with zero attached hydrogens (tertiary/aromatic N) is 3. The van der Waals surface area contributed by atoms with Crippen molar-refractivity contribution in [1.82, 2.24) is 14.1 Å². The Morgan fingerprint density at radius 1 is 1.00 bits per heavy atom. The van der Waals surface area contributed by atoms with E-state index in [0.29, 0.717) is 13.0 Å². The van der Waals surface area contributed by atoms with Crippen molar-refractivity contribution in [3.63, 3.8) is 0 Å². The SMILES string of the molecule is O=C(CN1CCCC1=O)N1CCN(S(=O)(=O)c2ccc(C(F)(F)F)cc2)CC1. The van der Waals surface area contributed by atoms with E-state index in [1.54, 1.807) is 0 Å². The summed E-state index contributed by atoms with van der Waals surface area (Å²) in [7, 11) is -3.94. The molecule has 2 aliphatic heterocycles. The number of piperazine rings is 1. The van der Waals surface area contributed by atoms with Gasteiger partial charge in [-0.25, -0.2) is 8.42 Å². The zero-order valence-corrected chi connectivity index (χ0v) is 15.8. The van der Waals surface area contributed by atoms with Crippen molar-refractivity contribution in [3.05, 3.63) is 29.8 Å². The maximum atomic E-state index is 12.6. The van der Waals surface area contributed by atoms with Gasteiger partial charge in [-0.2, -0.15) is 17.5 Å². The molecule has 0 atom stereocenters. The number of amides is 2. The van der Waals surface area contributed by atoms with E-state index < -0.39 is 21.8 Å². The van der Waals surface area contributed by atoms with Crippen LogP contribution in [0.3, 0.4) is 0 Å². The van der Waals surface area contributed by atoms with E-state index in [1.165, 1.54) is 9.80 Å². The third kappa shape index (κ3) is 4.30. The van der Waals surface area contributed by atoms with E-state index in [-0.39, 0.29) is 49.4 Å². The van der Waals surface area contributed by atoms with E-state index >= 15 is 0 Å². The van der Waals surface area contributed by atoms with Crippen molar-refractivity contribution in [1.29, 1.82) is 0 Å². The number of carbonyl (C=O) groups excluding carboxylic acids is 2. The predicted octanol–water partition coefficient (Wildman–Crippen LogP) is 1.16. The summed E-state index contributed by atoms with van der Waals surface area (Å²) in [5.41, 5.74) is -0.918. The zero-order chi connectivity index (χ0) is 20.5. The molecule has 2 heterocycles. The molecule has 0 unspecified atom stereocenters. The number of hydrogen-bond donors (Lipinski definition) is 0. The molecule has 0 N–H and O–H groups in total. The lowest BCUT2D eigenvalue weighted by Crippen LogP contribution is -2.52. The first-order valence-electron chi connectivity index (χ1n) is 8.82. The lowest BCUT2D eigenvalue weighted by atomic mass is 10.2. The lowest BCUT2D eigenvalue weighted by molar-refractivity contribution is -0.139. The topological polar surface area (TPSA) is 78.0 Å². The minimum atomic E-state index is -4.54. The van der Waals surface area contributed by atoms with Crippen LogP contribution in [-0.2, 0) is 25.8 Å². The van der Waals surface area contributed by atoms with Gasteiger partial charge in [0, 0.05) is 39.1 Å². The molecule has 2 fully saturated rings. The Hall–Kier alpha value is -2.14. The first kappa shape index (κ1) is 20.6. The third-order valence-electron chi connectivity index (χ3n) is 4.91. The fraction of sp³-hybridized carbons (Fsp3) is 0.529. The van der Waals surface area contributed by atoms with Gasteiger partial charge in [-0.3, -0.25) is 9.59 Å². The van der Waals surface area contributed by atoms with Gasteiger partial charge >= 0.3 is 6.18 Å². The second-order valence-electron chi connectivity index (χ2n) is 6.73. The van der Waals surface area contributed by atoms with Crippen molar-refractivity contribution < 1.29 is 31.2 Å². The number of carbonyl (C=O) groups is 2. The Balaban J connectivity index is 1.60. The number of alkyl halides is 3. The minimum absolute atomic E-state index is 0.00944. The van der Waals surface area contributed by atoms with Crippen molar-refractivity contribution in [3.8, 4) is 0 Å². The molecule has 0 spiro atoms. The summed E-state index contributed by atoms with van der Waals surface area (Å²) < 4.78 is 64.3. The van der Waals surface area contributed by atoms with Gasteiger partial charge in [0.15, 0.2) is 0 Å². The van der Waals surface area contributed by atoms with Gasteiger partial charge in [-0.15, -0.1) is 0 Å². The first-order chi connectivity index (χ1) is 13.1. The van der Waals surface area contributed by atoms with Crippen molar-refractivity contribution >= 4 is 21.8 Å². The highest BCUT2D eigenvalue weighted by Crippen LogP contribution is 2.30.